The van der Waals surface area contributed by atoms with Gasteiger partial charge in [-0.25, -0.2) is 4.68 Å². The summed E-state index contributed by atoms with van der Waals surface area (Å²) < 4.78 is 2.08. The fraction of sp³-hybridized carbons (Fsp3) is 0.500. The summed E-state index contributed by atoms with van der Waals surface area (Å²) in [6, 6.07) is 4.03. The van der Waals surface area contributed by atoms with Crippen LogP contribution in [0.25, 0.3) is 5.69 Å². The van der Waals surface area contributed by atoms with Gasteiger partial charge in [-0.1, -0.05) is 0 Å². The van der Waals surface area contributed by atoms with Crippen LogP contribution in [0.3, 0.4) is 0 Å². The van der Waals surface area contributed by atoms with Crippen LogP contribution < -0.4 is 5.32 Å². The standard InChI is InChI=1S/C16H22N4/c1-16(2,3)18-10-13-11-19-20(15(13)12-4-5-12)14-6-8-17-9-7-14/h6-9,11-12,18H,4-5,10H2,1-3H3. The predicted molar refractivity (Wildman–Crippen MR) is 79.9 cm³/mol. The molecule has 1 saturated carbocycles. The topological polar surface area (TPSA) is 42.7 Å². The fourth-order valence-corrected chi connectivity index (χ4v) is 2.37. The Morgan fingerprint density at radius 3 is 2.55 bits per heavy atom. The molecule has 1 fully saturated rings. The number of nitrogens with one attached hydrogen (secondary N) is 1. The third-order valence-corrected chi connectivity index (χ3v) is 3.57. The van der Waals surface area contributed by atoms with Crippen molar-refractivity contribution in [1.29, 1.82) is 0 Å². The summed E-state index contributed by atoms with van der Waals surface area (Å²) in [6.45, 7) is 7.45. The lowest BCUT2D eigenvalue weighted by Crippen LogP contribution is -2.35. The molecule has 2 heterocycles. The molecule has 0 radical (unpaired) electrons. The summed E-state index contributed by atoms with van der Waals surface area (Å²) in [7, 11) is 0. The SMILES string of the molecule is CC(C)(C)NCc1cnn(-c2ccncc2)c1C1CC1. The van der Waals surface area contributed by atoms with Gasteiger partial charge in [0.05, 0.1) is 17.6 Å². The van der Waals surface area contributed by atoms with Crippen molar-refractivity contribution in [2.75, 3.05) is 0 Å². The van der Waals surface area contributed by atoms with Gasteiger partial charge in [0.15, 0.2) is 0 Å². The minimum Gasteiger partial charge on any atom is -0.308 e. The van der Waals surface area contributed by atoms with E-state index in [1.807, 2.05) is 30.7 Å². The molecule has 3 rings (SSSR count). The van der Waals surface area contributed by atoms with Crippen LogP contribution >= 0.6 is 0 Å². The molecule has 0 amide bonds. The van der Waals surface area contributed by atoms with Crippen molar-refractivity contribution in [3.05, 3.63) is 42.0 Å². The predicted octanol–water partition coefficient (Wildman–Crippen LogP) is 3.03. The average molecular weight is 270 g/mol. The Hall–Kier alpha value is -1.68. The van der Waals surface area contributed by atoms with Crippen LogP contribution in [0.4, 0.5) is 0 Å². The Bertz CT molecular complexity index is 576. The van der Waals surface area contributed by atoms with Crippen LogP contribution in [0.5, 0.6) is 0 Å². The monoisotopic (exact) mass is 270 g/mol. The van der Waals surface area contributed by atoms with E-state index in [1.54, 1.807) is 0 Å². The van der Waals surface area contributed by atoms with Crippen LogP contribution in [0, 0.1) is 0 Å². The van der Waals surface area contributed by atoms with Crippen molar-refractivity contribution < 1.29 is 0 Å². The number of hydrogen-bond donors (Lipinski definition) is 1. The molecule has 0 saturated heterocycles. The molecule has 4 heteroatoms. The number of hydrogen-bond acceptors (Lipinski definition) is 3. The van der Waals surface area contributed by atoms with Gasteiger partial charge < -0.3 is 5.32 Å². The van der Waals surface area contributed by atoms with Gasteiger partial charge in [-0.05, 0) is 45.7 Å². The van der Waals surface area contributed by atoms with Crippen molar-refractivity contribution in [3.63, 3.8) is 0 Å². The smallest absolute Gasteiger partial charge is 0.0679 e. The van der Waals surface area contributed by atoms with Gasteiger partial charge in [0.2, 0.25) is 0 Å². The lowest BCUT2D eigenvalue weighted by molar-refractivity contribution is 0.423. The third kappa shape index (κ3) is 2.90. The van der Waals surface area contributed by atoms with Gasteiger partial charge in [0.25, 0.3) is 0 Å². The zero-order chi connectivity index (χ0) is 14.2. The molecule has 1 aliphatic rings. The summed E-state index contributed by atoms with van der Waals surface area (Å²) in [5.41, 5.74) is 3.91. The lowest BCUT2D eigenvalue weighted by Gasteiger charge is -2.20. The van der Waals surface area contributed by atoms with Crippen molar-refractivity contribution in [1.82, 2.24) is 20.1 Å². The number of rotatable bonds is 4. The highest BCUT2D eigenvalue weighted by Crippen LogP contribution is 2.42. The van der Waals surface area contributed by atoms with E-state index in [4.69, 9.17) is 0 Å². The van der Waals surface area contributed by atoms with Gasteiger partial charge in [-0.2, -0.15) is 5.10 Å². The second-order valence-electron chi connectivity index (χ2n) is 6.55. The molecule has 1 N–H and O–H groups in total. The number of pyridine rings is 1. The molecule has 106 valence electrons. The number of nitrogens with zero attached hydrogens (tertiary/aromatic N) is 3. The molecule has 20 heavy (non-hydrogen) atoms. The maximum absolute atomic E-state index is 4.60. The summed E-state index contributed by atoms with van der Waals surface area (Å²) in [5, 5.41) is 8.16. The second kappa shape index (κ2) is 5.02. The molecule has 0 unspecified atom stereocenters. The normalized spacial score (nSPS) is 15.6. The Kier molecular flexibility index (Phi) is 3.34. The molecular formula is C16H22N4. The Morgan fingerprint density at radius 1 is 1.25 bits per heavy atom. The quantitative estimate of drug-likeness (QED) is 0.928. The van der Waals surface area contributed by atoms with E-state index in [2.05, 4.69) is 40.9 Å². The molecule has 0 aromatic carbocycles. The van der Waals surface area contributed by atoms with Crippen LogP contribution in [-0.2, 0) is 6.54 Å². The molecule has 0 bridgehead atoms. The molecule has 1 aliphatic carbocycles. The van der Waals surface area contributed by atoms with Crippen LogP contribution in [0.1, 0.15) is 50.8 Å². The molecular weight excluding hydrogens is 248 g/mol. The largest absolute Gasteiger partial charge is 0.308 e. The van der Waals surface area contributed by atoms with E-state index in [-0.39, 0.29) is 5.54 Å². The molecule has 0 atom stereocenters. The van der Waals surface area contributed by atoms with Gasteiger partial charge in [-0.15, -0.1) is 0 Å². The van der Waals surface area contributed by atoms with Crippen molar-refractivity contribution in [2.45, 2.75) is 51.6 Å². The van der Waals surface area contributed by atoms with Gasteiger partial charge >= 0.3 is 0 Å². The zero-order valence-electron chi connectivity index (χ0n) is 12.4. The second-order valence-corrected chi connectivity index (χ2v) is 6.55. The van der Waals surface area contributed by atoms with Crippen molar-refractivity contribution >= 4 is 0 Å². The first-order valence-electron chi connectivity index (χ1n) is 7.27. The lowest BCUT2D eigenvalue weighted by atomic mass is 10.1. The summed E-state index contributed by atoms with van der Waals surface area (Å²) in [5.74, 6) is 0.669. The average Bonchev–Trinajstić information content (AvgIpc) is 3.16. The first-order chi connectivity index (χ1) is 9.54. The zero-order valence-corrected chi connectivity index (χ0v) is 12.4. The molecule has 4 nitrogen and oxygen atoms in total. The summed E-state index contributed by atoms with van der Waals surface area (Å²) >= 11 is 0. The summed E-state index contributed by atoms with van der Waals surface area (Å²) in [4.78, 5) is 4.08. The van der Waals surface area contributed by atoms with E-state index >= 15 is 0 Å². The van der Waals surface area contributed by atoms with Gasteiger partial charge in [-0.3, -0.25) is 4.98 Å². The first-order valence-corrected chi connectivity index (χ1v) is 7.27. The van der Waals surface area contributed by atoms with E-state index in [9.17, 15) is 0 Å². The van der Waals surface area contributed by atoms with Crippen LogP contribution in [0.2, 0.25) is 0 Å². The summed E-state index contributed by atoms with van der Waals surface area (Å²) in [6.07, 6.45) is 8.20. The maximum Gasteiger partial charge on any atom is 0.0679 e. The minimum atomic E-state index is 0.125. The molecule has 2 aromatic rings. The number of aromatic nitrogens is 3. The highest BCUT2D eigenvalue weighted by molar-refractivity contribution is 5.36. The minimum absolute atomic E-state index is 0.125. The fourth-order valence-electron chi connectivity index (χ4n) is 2.37. The van der Waals surface area contributed by atoms with E-state index in [0.29, 0.717) is 5.92 Å². The maximum atomic E-state index is 4.60. The highest BCUT2D eigenvalue weighted by atomic mass is 15.3. The molecule has 0 spiro atoms. The van der Waals surface area contributed by atoms with E-state index < -0.39 is 0 Å². The van der Waals surface area contributed by atoms with Gasteiger partial charge in [0.1, 0.15) is 0 Å². The molecule has 0 aliphatic heterocycles. The van der Waals surface area contributed by atoms with Crippen molar-refractivity contribution in [2.24, 2.45) is 0 Å². The Labute approximate surface area is 120 Å². The third-order valence-electron chi connectivity index (χ3n) is 3.57. The Balaban J connectivity index is 1.91. The van der Waals surface area contributed by atoms with E-state index in [1.165, 1.54) is 24.1 Å². The highest BCUT2D eigenvalue weighted by Gasteiger charge is 2.30. The first kappa shape index (κ1) is 13.3. The molecule has 2 aromatic heterocycles. The van der Waals surface area contributed by atoms with Crippen LogP contribution in [-0.4, -0.2) is 20.3 Å². The van der Waals surface area contributed by atoms with E-state index in [0.717, 1.165) is 12.2 Å². The van der Waals surface area contributed by atoms with Crippen molar-refractivity contribution in [3.8, 4) is 5.69 Å². The van der Waals surface area contributed by atoms with Crippen LogP contribution in [0.15, 0.2) is 30.7 Å². The Morgan fingerprint density at radius 2 is 1.95 bits per heavy atom. The van der Waals surface area contributed by atoms with Gasteiger partial charge in [0, 0.05) is 36.0 Å².